The third kappa shape index (κ3) is 3.76. The Kier molecular flexibility index (Phi) is 5.97. The van der Waals surface area contributed by atoms with Crippen LogP contribution in [0.3, 0.4) is 0 Å². The molecule has 8 rings (SSSR count). The zero-order chi connectivity index (χ0) is 28.4. The molecule has 6 aromatic carbocycles. The molecule has 2 heterocycles. The standard InChI is InChI=1S/C39H29IN2/c1-25-11-7-22-35(42(25)40)28-16-4-3-12-26(28)13-8-14-27-15-9-19-32-33-21-10-20-31-29-17-5-6-18-30(29)34-23-24-41(2)39(36(27)32)38(34)37(31)33/h3-12,14-24H,13H2,1-2H3/q+2/b14-8+. The fraction of sp³-hybridized carbons (Fsp3) is 0.0769. The molecule has 0 saturated carbocycles. The summed E-state index contributed by atoms with van der Waals surface area (Å²) in [5.74, 6) is 0. The van der Waals surface area contributed by atoms with Gasteiger partial charge in [-0.25, -0.2) is 4.57 Å². The van der Waals surface area contributed by atoms with Crippen molar-refractivity contribution in [3.8, 4) is 11.3 Å². The van der Waals surface area contributed by atoms with Crippen LogP contribution in [-0.4, -0.2) is 0 Å². The van der Waals surface area contributed by atoms with Gasteiger partial charge >= 0.3 is 22.9 Å². The van der Waals surface area contributed by atoms with Crippen LogP contribution in [0.25, 0.3) is 71.3 Å². The lowest BCUT2D eigenvalue weighted by molar-refractivity contribution is -0.643. The Morgan fingerprint density at radius 2 is 1.24 bits per heavy atom. The van der Waals surface area contributed by atoms with Crippen molar-refractivity contribution >= 4 is 82.9 Å². The normalized spacial score (nSPS) is 12.2. The lowest BCUT2D eigenvalue weighted by Gasteiger charge is -2.16. The molecule has 2 nitrogen and oxygen atoms in total. The number of halogens is 1. The summed E-state index contributed by atoms with van der Waals surface area (Å²) in [6.45, 7) is 2.15. The van der Waals surface area contributed by atoms with Gasteiger partial charge in [0.2, 0.25) is 11.2 Å². The number of nitrogens with zero attached hydrogens (tertiary/aromatic N) is 2. The molecule has 3 heteroatoms. The lowest BCUT2D eigenvalue weighted by Crippen LogP contribution is -2.28. The van der Waals surface area contributed by atoms with E-state index in [1.54, 1.807) is 0 Å². The summed E-state index contributed by atoms with van der Waals surface area (Å²) in [5.41, 5.74) is 7.61. The van der Waals surface area contributed by atoms with E-state index < -0.39 is 0 Å². The number of benzene rings is 6. The zero-order valence-corrected chi connectivity index (χ0v) is 25.8. The SMILES string of the molecule is Cc1cccc(-c2ccccc2C/C=C/c2cccc3c4cccc5c6ccccc6c6cc[n+](C)c(c23)c6c54)[n+]1I. The van der Waals surface area contributed by atoms with Crippen LogP contribution in [0.1, 0.15) is 16.8 Å². The second-order valence-corrected chi connectivity index (χ2v) is 12.2. The van der Waals surface area contributed by atoms with Crippen LogP contribution in [0.15, 0.2) is 121 Å². The molecule has 0 amide bonds. The molecule has 0 radical (unpaired) electrons. The van der Waals surface area contributed by atoms with Crippen LogP contribution < -0.4 is 7.35 Å². The Labute approximate surface area is 259 Å². The monoisotopic (exact) mass is 652 g/mol. The van der Waals surface area contributed by atoms with E-state index in [-0.39, 0.29) is 0 Å². The first kappa shape index (κ1) is 25.4. The molecule has 0 fully saturated rings. The molecule has 0 aliphatic carbocycles. The number of rotatable bonds is 4. The number of fused-ring (bicyclic) bond motifs is 6. The van der Waals surface area contributed by atoms with Crippen molar-refractivity contribution in [2.45, 2.75) is 13.3 Å². The third-order valence-corrected chi connectivity index (χ3v) is 10.1. The predicted octanol–water partition coefficient (Wildman–Crippen LogP) is 9.43. The van der Waals surface area contributed by atoms with Gasteiger partial charge in [0.1, 0.15) is 7.05 Å². The maximum Gasteiger partial charge on any atom is 0.354 e. The number of aryl methyl sites for hydroxylation is 2. The number of aromatic nitrogens is 2. The first-order chi connectivity index (χ1) is 20.6. The van der Waals surface area contributed by atoms with Gasteiger partial charge in [-0.1, -0.05) is 91.0 Å². The van der Waals surface area contributed by atoms with Crippen LogP contribution in [0.4, 0.5) is 0 Å². The van der Waals surface area contributed by atoms with E-state index >= 15 is 0 Å². The molecular formula is C39H29IN2+2. The summed E-state index contributed by atoms with van der Waals surface area (Å²) in [5, 5.41) is 11.9. The Morgan fingerprint density at radius 1 is 0.619 bits per heavy atom. The number of hydrogen-bond acceptors (Lipinski definition) is 0. The van der Waals surface area contributed by atoms with Crippen molar-refractivity contribution in [2.24, 2.45) is 7.05 Å². The third-order valence-electron chi connectivity index (χ3n) is 8.81. The van der Waals surface area contributed by atoms with Crippen molar-refractivity contribution in [1.29, 1.82) is 0 Å². The van der Waals surface area contributed by atoms with Gasteiger partial charge in [-0.2, -0.15) is 0 Å². The van der Waals surface area contributed by atoms with E-state index in [1.165, 1.54) is 82.1 Å². The topological polar surface area (TPSA) is 7.76 Å². The van der Waals surface area contributed by atoms with Gasteiger partial charge in [-0.15, -0.1) is 2.78 Å². The highest BCUT2D eigenvalue weighted by Crippen LogP contribution is 2.44. The van der Waals surface area contributed by atoms with Crippen molar-refractivity contribution in [3.05, 3.63) is 138 Å². The molecule has 0 aliphatic heterocycles. The molecule has 0 N–H and O–H groups in total. The molecule has 0 aliphatic rings. The smallest absolute Gasteiger partial charge is 0.200 e. The summed E-state index contributed by atoms with van der Waals surface area (Å²) in [4.78, 5) is 0. The summed E-state index contributed by atoms with van der Waals surface area (Å²) in [7, 11) is 2.19. The van der Waals surface area contributed by atoms with Crippen molar-refractivity contribution in [3.63, 3.8) is 0 Å². The summed E-state index contributed by atoms with van der Waals surface area (Å²) >= 11 is 2.41. The van der Waals surface area contributed by atoms with E-state index in [4.69, 9.17) is 0 Å². The van der Waals surface area contributed by atoms with Crippen LogP contribution in [-0.2, 0) is 13.5 Å². The van der Waals surface area contributed by atoms with E-state index in [9.17, 15) is 0 Å². The molecule has 0 spiro atoms. The molecule has 200 valence electrons. The molecular weight excluding hydrogens is 623 g/mol. The summed E-state index contributed by atoms with van der Waals surface area (Å²) < 4.78 is 4.56. The van der Waals surface area contributed by atoms with E-state index in [1.807, 2.05) is 0 Å². The van der Waals surface area contributed by atoms with E-state index in [0.29, 0.717) is 0 Å². The summed E-state index contributed by atoms with van der Waals surface area (Å²) in [6, 6.07) is 40.0. The van der Waals surface area contributed by atoms with Crippen molar-refractivity contribution in [2.75, 3.05) is 0 Å². The van der Waals surface area contributed by atoms with Gasteiger partial charge in [0.05, 0.1) is 16.3 Å². The quantitative estimate of drug-likeness (QED) is 0.0775. The van der Waals surface area contributed by atoms with Crippen LogP contribution >= 0.6 is 22.9 Å². The molecule has 8 aromatic rings. The van der Waals surface area contributed by atoms with Crippen LogP contribution in [0.2, 0.25) is 0 Å². The number of hydrogen-bond donors (Lipinski definition) is 0. The molecule has 0 atom stereocenters. The highest BCUT2D eigenvalue weighted by atomic mass is 127. The summed E-state index contributed by atoms with van der Waals surface area (Å²) in [6.07, 6.45) is 7.75. The lowest BCUT2D eigenvalue weighted by atomic mass is 9.87. The largest absolute Gasteiger partial charge is 0.354 e. The highest BCUT2D eigenvalue weighted by molar-refractivity contribution is 14.1. The average molecular weight is 653 g/mol. The first-order valence-electron chi connectivity index (χ1n) is 14.4. The Morgan fingerprint density at radius 3 is 2.05 bits per heavy atom. The molecule has 0 unspecified atom stereocenters. The van der Waals surface area contributed by atoms with Crippen molar-refractivity contribution in [1.82, 2.24) is 0 Å². The Hall–Kier alpha value is -4.35. The minimum absolute atomic E-state index is 0.859. The average Bonchev–Trinajstić information content (AvgIpc) is 3.03. The zero-order valence-electron chi connectivity index (χ0n) is 23.6. The highest BCUT2D eigenvalue weighted by Gasteiger charge is 2.23. The van der Waals surface area contributed by atoms with Crippen LogP contribution in [0, 0.1) is 6.92 Å². The van der Waals surface area contributed by atoms with Gasteiger partial charge in [0.25, 0.3) is 0 Å². The van der Waals surface area contributed by atoms with Crippen LogP contribution in [0.5, 0.6) is 0 Å². The van der Waals surface area contributed by atoms with Gasteiger partial charge < -0.3 is 0 Å². The van der Waals surface area contributed by atoms with Gasteiger partial charge in [0, 0.05) is 35.9 Å². The van der Waals surface area contributed by atoms with E-state index in [2.05, 4.69) is 172 Å². The van der Waals surface area contributed by atoms with Gasteiger partial charge in [-0.3, -0.25) is 0 Å². The molecule has 42 heavy (non-hydrogen) atoms. The Bertz CT molecular complexity index is 2370. The fourth-order valence-corrected chi connectivity index (χ4v) is 7.49. The second-order valence-electron chi connectivity index (χ2n) is 11.2. The number of allylic oxidation sites excluding steroid dienone is 1. The predicted molar refractivity (Wildman–Crippen MR) is 185 cm³/mol. The second kappa shape index (κ2) is 9.88. The minimum atomic E-state index is 0.859. The maximum absolute atomic E-state index is 2.41. The molecule has 2 aromatic heterocycles. The Balaban J connectivity index is 1.35. The van der Waals surface area contributed by atoms with E-state index in [0.717, 1.165) is 6.42 Å². The maximum atomic E-state index is 2.41. The number of pyridine rings is 2. The van der Waals surface area contributed by atoms with Gasteiger partial charge in [0.15, 0.2) is 11.9 Å². The molecule has 0 bridgehead atoms. The van der Waals surface area contributed by atoms with Crippen molar-refractivity contribution < 1.29 is 7.35 Å². The minimum Gasteiger partial charge on any atom is -0.200 e. The molecule has 0 saturated heterocycles. The first-order valence-corrected chi connectivity index (χ1v) is 15.4. The fourth-order valence-electron chi connectivity index (χ4n) is 6.90. The van der Waals surface area contributed by atoms with Gasteiger partial charge in [-0.05, 0) is 56.6 Å².